The van der Waals surface area contributed by atoms with Crippen molar-refractivity contribution < 1.29 is 0 Å². The highest BCUT2D eigenvalue weighted by atomic mass is 79.9. The lowest BCUT2D eigenvalue weighted by atomic mass is 9.75. The minimum absolute atomic E-state index is 0.0188. The molecule has 1 aromatic rings. The second-order valence-electron chi connectivity index (χ2n) is 6.08. The lowest BCUT2D eigenvalue weighted by Crippen LogP contribution is -2.37. The van der Waals surface area contributed by atoms with E-state index in [1.807, 2.05) is 6.20 Å². The van der Waals surface area contributed by atoms with E-state index in [-0.39, 0.29) is 11.0 Å². The van der Waals surface area contributed by atoms with Gasteiger partial charge in [-0.05, 0) is 32.1 Å². The zero-order chi connectivity index (χ0) is 15.3. The number of nitrogens with zero attached hydrogens (tertiary/aromatic N) is 3. The van der Waals surface area contributed by atoms with E-state index in [1.165, 1.54) is 32.1 Å². The van der Waals surface area contributed by atoms with Crippen LogP contribution in [0.2, 0.25) is 0 Å². The summed E-state index contributed by atoms with van der Waals surface area (Å²) in [5, 5.41) is 5.37. The molecule has 1 fully saturated rings. The lowest BCUT2D eigenvalue weighted by Gasteiger charge is -2.35. The molecule has 2 rings (SSSR count). The van der Waals surface area contributed by atoms with Crippen molar-refractivity contribution in [3.8, 4) is 0 Å². The molecule has 1 heterocycles. The van der Waals surface area contributed by atoms with Gasteiger partial charge in [-0.15, -0.1) is 0 Å². The summed E-state index contributed by atoms with van der Waals surface area (Å²) in [7, 11) is 0. The van der Waals surface area contributed by atoms with Gasteiger partial charge in [-0.3, -0.25) is 4.79 Å². The monoisotopic (exact) mass is 355 g/mol. The van der Waals surface area contributed by atoms with Crippen molar-refractivity contribution in [3.05, 3.63) is 22.6 Å². The molecule has 0 radical (unpaired) electrons. The number of hydrogen-bond donors (Lipinski definition) is 0. The number of anilines is 1. The highest BCUT2D eigenvalue weighted by Gasteiger charge is 2.32. The molecular formula is C16H26BrN3O. The molecular weight excluding hydrogens is 330 g/mol. The molecule has 1 aromatic heterocycles. The second kappa shape index (κ2) is 7.43. The lowest BCUT2D eigenvalue weighted by molar-refractivity contribution is 0.180. The van der Waals surface area contributed by atoms with Gasteiger partial charge in [0.2, 0.25) is 0 Å². The van der Waals surface area contributed by atoms with Crippen LogP contribution in [0.5, 0.6) is 0 Å². The molecule has 0 bridgehead atoms. The maximum Gasteiger partial charge on any atom is 0.268 e. The smallest absolute Gasteiger partial charge is 0.268 e. The van der Waals surface area contributed by atoms with Gasteiger partial charge in [-0.2, -0.15) is 5.10 Å². The Morgan fingerprint density at radius 3 is 2.48 bits per heavy atom. The number of hydrogen-bond acceptors (Lipinski definition) is 3. The molecule has 0 aromatic carbocycles. The Bertz CT molecular complexity index is 504. The molecule has 0 saturated heterocycles. The molecule has 1 aliphatic rings. The molecule has 4 nitrogen and oxygen atoms in total. The summed E-state index contributed by atoms with van der Waals surface area (Å²) in [5.41, 5.74) is 1.15. The topological polar surface area (TPSA) is 38.1 Å². The van der Waals surface area contributed by atoms with E-state index < -0.39 is 0 Å². The maximum atomic E-state index is 12.4. The molecule has 21 heavy (non-hydrogen) atoms. The summed E-state index contributed by atoms with van der Waals surface area (Å²) in [6.45, 7) is 6.71. The van der Waals surface area contributed by atoms with Gasteiger partial charge in [0.15, 0.2) is 0 Å². The first-order chi connectivity index (χ1) is 10.1. The van der Waals surface area contributed by atoms with Crippen molar-refractivity contribution >= 4 is 21.6 Å². The molecule has 0 atom stereocenters. The van der Waals surface area contributed by atoms with Gasteiger partial charge >= 0.3 is 0 Å². The molecule has 1 saturated carbocycles. The standard InChI is InChI=1S/C16H26BrN3O/c1-3-19(4-2)14-10-15(21)20(18-11-14)13-16(12-17)8-6-5-7-9-16/h10-11H,3-9,12-13H2,1-2H3. The molecule has 1 aliphatic carbocycles. The van der Waals surface area contributed by atoms with Crippen molar-refractivity contribution in [2.75, 3.05) is 23.3 Å². The van der Waals surface area contributed by atoms with E-state index in [0.29, 0.717) is 0 Å². The van der Waals surface area contributed by atoms with Gasteiger partial charge in [0.1, 0.15) is 0 Å². The SMILES string of the molecule is CCN(CC)c1cnn(CC2(CBr)CCCCC2)c(=O)c1. The van der Waals surface area contributed by atoms with Crippen molar-refractivity contribution in [1.29, 1.82) is 0 Å². The van der Waals surface area contributed by atoms with Crippen LogP contribution in [-0.2, 0) is 6.54 Å². The Balaban J connectivity index is 2.19. The first kappa shape index (κ1) is 16.5. The van der Waals surface area contributed by atoms with Gasteiger partial charge < -0.3 is 4.90 Å². The fourth-order valence-corrected chi connectivity index (χ4v) is 4.00. The van der Waals surface area contributed by atoms with Crippen LogP contribution in [0.4, 0.5) is 5.69 Å². The van der Waals surface area contributed by atoms with E-state index in [9.17, 15) is 4.79 Å². The fourth-order valence-electron chi connectivity index (χ4n) is 3.26. The van der Waals surface area contributed by atoms with E-state index in [1.54, 1.807) is 10.7 Å². The third kappa shape index (κ3) is 3.87. The van der Waals surface area contributed by atoms with Crippen LogP contribution in [0.25, 0.3) is 0 Å². The predicted molar refractivity (Wildman–Crippen MR) is 91.4 cm³/mol. The summed E-state index contributed by atoms with van der Waals surface area (Å²) in [4.78, 5) is 14.5. The second-order valence-corrected chi connectivity index (χ2v) is 6.64. The van der Waals surface area contributed by atoms with Crippen LogP contribution in [0.1, 0.15) is 46.0 Å². The Labute approximate surface area is 135 Å². The summed E-state index contributed by atoms with van der Waals surface area (Å²) >= 11 is 3.66. The molecule has 0 aliphatic heterocycles. The van der Waals surface area contributed by atoms with E-state index in [2.05, 4.69) is 39.8 Å². The quantitative estimate of drug-likeness (QED) is 0.733. The molecule has 0 amide bonds. The third-order valence-electron chi connectivity index (χ3n) is 4.67. The number of halogens is 1. The number of rotatable bonds is 6. The van der Waals surface area contributed by atoms with Gasteiger partial charge in [0, 0.05) is 24.5 Å². The van der Waals surface area contributed by atoms with Crippen LogP contribution in [0, 0.1) is 5.41 Å². The van der Waals surface area contributed by atoms with E-state index in [0.717, 1.165) is 30.7 Å². The van der Waals surface area contributed by atoms with Gasteiger partial charge in [-0.1, -0.05) is 35.2 Å². The fraction of sp³-hybridized carbons (Fsp3) is 0.750. The van der Waals surface area contributed by atoms with Gasteiger partial charge in [0.25, 0.3) is 5.56 Å². The summed E-state index contributed by atoms with van der Waals surface area (Å²) in [6.07, 6.45) is 8.04. The van der Waals surface area contributed by atoms with Crippen LogP contribution >= 0.6 is 15.9 Å². The summed E-state index contributed by atoms with van der Waals surface area (Å²) < 4.78 is 1.65. The Morgan fingerprint density at radius 2 is 1.95 bits per heavy atom. The van der Waals surface area contributed by atoms with Gasteiger partial charge in [-0.25, -0.2) is 4.68 Å². The van der Waals surface area contributed by atoms with Crippen molar-refractivity contribution in [1.82, 2.24) is 9.78 Å². The minimum atomic E-state index is 0.0188. The number of alkyl halides is 1. The maximum absolute atomic E-state index is 12.4. The van der Waals surface area contributed by atoms with Crippen molar-refractivity contribution in [2.45, 2.75) is 52.5 Å². The normalized spacial score (nSPS) is 17.7. The summed E-state index contributed by atoms with van der Waals surface area (Å²) in [5.74, 6) is 0. The zero-order valence-electron chi connectivity index (χ0n) is 13.1. The van der Waals surface area contributed by atoms with Crippen LogP contribution in [0.3, 0.4) is 0 Å². The molecule has 0 unspecified atom stereocenters. The summed E-state index contributed by atoms with van der Waals surface area (Å²) in [6, 6.07) is 1.73. The van der Waals surface area contributed by atoms with Crippen LogP contribution in [-0.4, -0.2) is 28.2 Å². The largest absolute Gasteiger partial charge is 0.371 e. The molecule has 0 spiro atoms. The highest BCUT2D eigenvalue weighted by Crippen LogP contribution is 2.38. The average molecular weight is 356 g/mol. The molecule has 0 N–H and O–H groups in total. The van der Waals surface area contributed by atoms with Gasteiger partial charge in [0.05, 0.1) is 18.4 Å². The zero-order valence-corrected chi connectivity index (χ0v) is 14.7. The van der Waals surface area contributed by atoms with E-state index in [4.69, 9.17) is 0 Å². The average Bonchev–Trinajstić information content (AvgIpc) is 2.52. The predicted octanol–water partition coefficient (Wildman–Crippen LogP) is 3.43. The number of aromatic nitrogens is 2. The van der Waals surface area contributed by atoms with Crippen LogP contribution < -0.4 is 10.5 Å². The minimum Gasteiger partial charge on any atom is -0.371 e. The Hall–Kier alpha value is -0.840. The van der Waals surface area contributed by atoms with Crippen molar-refractivity contribution in [2.24, 2.45) is 5.41 Å². The molecule has 5 heteroatoms. The van der Waals surface area contributed by atoms with Crippen LogP contribution in [0.15, 0.2) is 17.1 Å². The third-order valence-corrected chi connectivity index (χ3v) is 5.86. The van der Waals surface area contributed by atoms with Crippen molar-refractivity contribution in [3.63, 3.8) is 0 Å². The van der Waals surface area contributed by atoms with E-state index >= 15 is 0 Å². The highest BCUT2D eigenvalue weighted by molar-refractivity contribution is 9.09. The Morgan fingerprint density at radius 1 is 1.29 bits per heavy atom. The Kier molecular flexibility index (Phi) is 5.85. The molecule has 118 valence electrons. The first-order valence-corrected chi connectivity index (χ1v) is 9.14. The first-order valence-electron chi connectivity index (χ1n) is 8.02.